The van der Waals surface area contributed by atoms with Gasteiger partial charge in [0, 0.05) is 25.5 Å². The van der Waals surface area contributed by atoms with Crippen LogP contribution in [0.2, 0.25) is 0 Å². The lowest BCUT2D eigenvalue weighted by Gasteiger charge is -2.05. The lowest BCUT2D eigenvalue weighted by atomic mass is 10.3. The number of nitrogens with zero attached hydrogens (tertiary/aromatic N) is 4. The summed E-state index contributed by atoms with van der Waals surface area (Å²) >= 11 is 3.33. The highest BCUT2D eigenvalue weighted by Gasteiger charge is 2.21. The summed E-state index contributed by atoms with van der Waals surface area (Å²) in [6, 6.07) is 3.50. The van der Waals surface area contributed by atoms with Crippen LogP contribution in [0.5, 0.6) is 0 Å². The smallest absolute Gasteiger partial charge is 0.277 e. The van der Waals surface area contributed by atoms with Gasteiger partial charge in [0.1, 0.15) is 5.76 Å². The number of amides is 2. The predicted octanol–water partition coefficient (Wildman–Crippen LogP) is 2.66. The Morgan fingerprint density at radius 2 is 1.81 bits per heavy atom. The molecule has 0 saturated carbocycles. The number of carbonyl (C=O) groups excluding carboxylic acids is 2. The highest BCUT2D eigenvalue weighted by Crippen LogP contribution is 2.19. The van der Waals surface area contributed by atoms with Crippen LogP contribution in [0, 0.1) is 0 Å². The van der Waals surface area contributed by atoms with Crippen LogP contribution in [0.15, 0.2) is 39.7 Å². The molecule has 0 aromatic carbocycles. The standard InChI is InChI=1S/C17H19BrN6O3/c1-3-23-9-12(18)14(21-23)17(26)20-13-10-24(4-2)22-15(13)16(25)19-8-11-6-5-7-27-11/h5-7,9-10H,3-4,8H2,1-2H3,(H,19,25)(H,20,26). The summed E-state index contributed by atoms with van der Waals surface area (Å²) in [6.07, 6.45) is 4.87. The maximum Gasteiger partial charge on any atom is 0.277 e. The molecular weight excluding hydrogens is 416 g/mol. The van der Waals surface area contributed by atoms with Gasteiger partial charge in [-0.2, -0.15) is 10.2 Å². The second-order valence-corrected chi connectivity index (χ2v) is 6.50. The van der Waals surface area contributed by atoms with Crippen LogP contribution in [0.4, 0.5) is 5.69 Å². The number of aryl methyl sites for hydroxylation is 2. The zero-order valence-electron chi connectivity index (χ0n) is 14.9. The van der Waals surface area contributed by atoms with E-state index in [2.05, 4.69) is 36.8 Å². The summed E-state index contributed by atoms with van der Waals surface area (Å²) in [7, 11) is 0. The van der Waals surface area contributed by atoms with Crippen molar-refractivity contribution < 1.29 is 14.0 Å². The molecule has 2 amide bonds. The van der Waals surface area contributed by atoms with Crippen LogP contribution in [0.3, 0.4) is 0 Å². The maximum atomic E-state index is 12.6. The second-order valence-electron chi connectivity index (χ2n) is 5.64. The molecule has 142 valence electrons. The molecule has 0 atom stereocenters. The molecule has 2 N–H and O–H groups in total. The quantitative estimate of drug-likeness (QED) is 0.594. The van der Waals surface area contributed by atoms with Crippen LogP contribution in [-0.2, 0) is 19.6 Å². The van der Waals surface area contributed by atoms with E-state index >= 15 is 0 Å². The average molecular weight is 435 g/mol. The molecular formula is C17H19BrN6O3. The van der Waals surface area contributed by atoms with E-state index in [1.54, 1.807) is 33.9 Å². The van der Waals surface area contributed by atoms with Crippen LogP contribution in [0.25, 0.3) is 0 Å². The largest absolute Gasteiger partial charge is 0.467 e. The average Bonchev–Trinajstić information content (AvgIpc) is 3.39. The molecule has 0 aliphatic heterocycles. The highest BCUT2D eigenvalue weighted by molar-refractivity contribution is 9.10. The number of halogens is 1. The van der Waals surface area contributed by atoms with Crippen molar-refractivity contribution in [2.45, 2.75) is 33.5 Å². The monoisotopic (exact) mass is 434 g/mol. The molecule has 0 bridgehead atoms. The molecule has 10 heteroatoms. The molecule has 0 unspecified atom stereocenters. The van der Waals surface area contributed by atoms with Crippen molar-refractivity contribution in [3.05, 3.63) is 52.4 Å². The van der Waals surface area contributed by atoms with E-state index in [9.17, 15) is 9.59 Å². The summed E-state index contributed by atoms with van der Waals surface area (Å²) in [4.78, 5) is 25.1. The maximum absolute atomic E-state index is 12.6. The van der Waals surface area contributed by atoms with Crippen molar-refractivity contribution in [2.75, 3.05) is 5.32 Å². The van der Waals surface area contributed by atoms with E-state index in [1.807, 2.05) is 13.8 Å². The predicted molar refractivity (Wildman–Crippen MR) is 101 cm³/mol. The van der Waals surface area contributed by atoms with Crippen molar-refractivity contribution in [1.29, 1.82) is 0 Å². The van der Waals surface area contributed by atoms with Crippen LogP contribution >= 0.6 is 15.9 Å². The molecule has 0 spiro atoms. The number of furan rings is 1. The first-order chi connectivity index (χ1) is 13.0. The number of anilines is 1. The Kier molecular flexibility index (Phi) is 5.75. The van der Waals surface area contributed by atoms with Crippen LogP contribution in [0.1, 0.15) is 40.6 Å². The van der Waals surface area contributed by atoms with Gasteiger partial charge in [-0.25, -0.2) is 0 Å². The molecule has 3 aromatic heterocycles. The third-order valence-electron chi connectivity index (χ3n) is 3.81. The molecule has 27 heavy (non-hydrogen) atoms. The van der Waals surface area contributed by atoms with E-state index in [-0.39, 0.29) is 17.9 Å². The van der Waals surface area contributed by atoms with Gasteiger partial charge in [-0.3, -0.25) is 19.0 Å². The number of nitrogens with one attached hydrogen (secondary N) is 2. The zero-order chi connectivity index (χ0) is 19.4. The number of aromatic nitrogens is 4. The first kappa shape index (κ1) is 18.9. The molecule has 3 rings (SSSR count). The van der Waals surface area contributed by atoms with E-state index in [4.69, 9.17) is 4.42 Å². The van der Waals surface area contributed by atoms with Gasteiger partial charge in [-0.1, -0.05) is 0 Å². The number of carbonyl (C=O) groups is 2. The van der Waals surface area contributed by atoms with Gasteiger partial charge in [0.25, 0.3) is 11.8 Å². The number of rotatable bonds is 7. The van der Waals surface area contributed by atoms with Gasteiger partial charge in [-0.15, -0.1) is 0 Å². The third kappa shape index (κ3) is 4.27. The Hall–Kier alpha value is -2.88. The van der Waals surface area contributed by atoms with E-state index < -0.39 is 11.8 Å². The Morgan fingerprint density at radius 3 is 2.44 bits per heavy atom. The van der Waals surface area contributed by atoms with Gasteiger partial charge >= 0.3 is 0 Å². The van der Waals surface area contributed by atoms with E-state index in [0.29, 0.717) is 29.0 Å². The fourth-order valence-corrected chi connectivity index (χ4v) is 2.90. The van der Waals surface area contributed by atoms with Crippen LogP contribution in [-0.4, -0.2) is 31.4 Å². The summed E-state index contributed by atoms with van der Waals surface area (Å²) in [5, 5.41) is 13.9. The third-order valence-corrected chi connectivity index (χ3v) is 4.39. The zero-order valence-corrected chi connectivity index (χ0v) is 16.5. The molecule has 3 aromatic rings. The number of hydrogen-bond donors (Lipinski definition) is 2. The molecule has 0 fully saturated rings. The SMILES string of the molecule is CCn1cc(Br)c(C(=O)Nc2cn(CC)nc2C(=O)NCc2ccco2)n1. The Balaban J connectivity index is 1.78. The Morgan fingerprint density at radius 1 is 1.11 bits per heavy atom. The second kappa shape index (κ2) is 8.21. The molecule has 0 radical (unpaired) electrons. The summed E-state index contributed by atoms with van der Waals surface area (Å²) in [6.45, 7) is 5.24. The summed E-state index contributed by atoms with van der Waals surface area (Å²) in [5.74, 6) is -0.213. The number of hydrogen-bond acceptors (Lipinski definition) is 5. The first-order valence-corrected chi connectivity index (χ1v) is 9.23. The Bertz CT molecular complexity index is 944. The fourth-order valence-electron chi connectivity index (χ4n) is 2.40. The van der Waals surface area contributed by atoms with Crippen molar-refractivity contribution in [1.82, 2.24) is 24.9 Å². The lowest BCUT2D eigenvalue weighted by Crippen LogP contribution is -2.25. The molecule has 0 aliphatic carbocycles. The van der Waals surface area contributed by atoms with Crippen molar-refractivity contribution in [2.24, 2.45) is 0 Å². The lowest BCUT2D eigenvalue weighted by molar-refractivity contribution is 0.0943. The minimum atomic E-state index is -0.426. The fraction of sp³-hybridized carbons (Fsp3) is 0.294. The van der Waals surface area contributed by atoms with Gasteiger partial charge in [0.2, 0.25) is 0 Å². The van der Waals surface area contributed by atoms with Gasteiger partial charge in [0.05, 0.1) is 23.0 Å². The van der Waals surface area contributed by atoms with Gasteiger partial charge < -0.3 is 15.1 Å². The Labute approximate surface area is 163 Å². The van der Waals surface area contributed by atoms with Crippen LogP contribution < -0.4 is 10.6 Å². The minimum Gasteiger partial charge on any atom is -0.467 e. The van der Waals surface area contributed by atoms with E-state index in [1.165, 1.54) is 6.26 Å². The molecule has 0 aliphatic rings. The summed E-state index contributed by atoms with van der Waals surface area (Å²) in [5.41, 5.74) is 0.683. The highest BCUT2D eigenvalue weighted by atomic mass is 79.9. The minimum absolute atomic E-state index is 0.128. The normalized spacial score (nSPS) is 10.8. The summed E-state index contributed by atoms with van der Waals surface area (Å²) < 4.78 is 9.00. The van der Waals surface area contributed by atoms with Crippen molar-refractivity contribution in [3.63, 3.8) is 0 Å². The van der Waals surface area contributed by atoms with Crippen molar-refractivity contribution >= 4 is 33.4 Å². The molecule has 3 heterocycles. The van der Waals surface area contributed by atoms with Crippen molar-refractivity contribution in [3.8, 4) is 0 Å². The topological polar surface area (TPSA) is 107 Å². The van der Waals surface area contributed by atoms with Gasteiger partial charge in [0.15, 0.2) is 11.4 Å². The molecule has 0 saturated heterocycles. The molecule has 9 nitrogen and oxygen atoms in total. The van der Waals surface area contributed by atoms with Gasteiger partial charge in [-0.05, 0) is 41.9 Å². The first-order valence-electron chi connectivity index (χ1n) is 8.44. The van der Waals surface area contributed by atoms with E-state index in [0.717, 1.165) is 0 Å².